The van der Waals surface area contributed by atoms with Gasteiger partial charge in [0.15, 0.2) is 19.7 Å². The Balaban J connectivity index is 2.60. The van der Waals surface area contributed by atoms with E-state index in [0.29, 0.717) is 5.56 Å². The van der Waals surface area contributed by atoms with Gasteiger partial charge in [-0.05, 0) is 18.1 Å². The Morgan fingerprint density at radius 1 is 1.11 bits per heavy atom. The molecule has 4 nitrogen and oxygen atoms in total. The monoisotopic (exact) mass is 286 g/mol. The summed E-state index contributed by atoms with van der Waals surface area (Å²) in [7, 11) is -6.94. The molecule has 1 aliphatic rings. The number of sulfone groups is 2. The van der Waals surface area contributed by atoms with E-state index < -0.39 is 24.9 Å². The third-order valence-electron chi connectivity index (χ3n) is 2.97. The average molecular weight is 286 g/mol. The first kappa shape index (κ1) is 13.3. The van der Waals surface area contributed by atoms with Gasteiger partial charge in [0.2, 0.25) is 0 Å². The molecule has 1 unspecified atom stereocenters. The first-order valence-electron chi connectivity index (χ1n) is 5.48. The van der Waals surface area contributed by atoms with Crippen molar-refractivity contribution in [2.24, 2.45) is 0 Å². The summed E-state index contributed by atoms with van der Waals surface area (Å²) in [6.07, 6.45) is 1.21. The van der Waals surface area contributed by atoms with E-state index in [-0.39, 0.29) is 11.5 Å². The third-order valence-corrected chi connectivity index (χ3v) is 6.51. The zero-order valence-electron chi connectivity index (χ0n) is 9.91. The molecule has 18 heavy (non-hydrogen) atoms. The molecule has 0 aliphatic carbocycles. The largest absolute Gasteiger partial charge is 0.228 e. The molecule has 0 radical (unpaired) electrons. The lowest BCUT2D eigenvalue weighted by atomic mass is 10.1. The van der Waals surface area contributed by atoms with Crippen LogP contribution in [-0.2, 0) is 19.7 Å². The molecule has 1 aliphatic heterocycles. The van der Waals surface area contributed by atoms with Gasteiger partial charge in [-0.3, -0.25) is 0 Å². The van der Waals surface area contributed by atoms with E-state index in [4.69, 9.17) is 0 Å². The summed E-state index contributed by atoms with van der Waals surface area (Å²) in [6.45, 7) is 1.78. The van der Waals surface area contributed by atoms with Crippen molar-refractivity contribution in [2.45, 2.75) is 12.2 Å². The van der Waals surface area contributed by atoms with E-state index >= 15 is 0 Å². The predicted molar refractivity (Wildman–Crippen MR) is 70.6 cm³/mol. The van der Waals surface area contributed by atoms with E-state index in [1.165, 1.54) is 6.08 Å². The number of benzene rings is 1. The first-order valence-corrected chi connectivity index (χ1v) is 8.91. The minimum absolute atomic E-state index is 0.214. The molecule has 0 bridgehead atoms. The van der Waals surface area contributed by atoms with E-state index in [9.17, 15) is 16.8 Å². The zero-order valence-corrected chi connectivity index (χ0v) is 11.5. The summed E-state index contributed by atoms with van der Waals surface area (Å²) < 4.78 is 47.7. The summed E-state index contributed by atoms with van der Waals surface area (Å²) in [6, 6.07) is 6.98. The van der Waals surface area contributed by atoms with Gasteiger partial charge in [-0.2, -0.15) is 0 Å². The standard InChI is InChI=1S/C12H14O4S2/c1-10-5-2-3-6-11(10)12-9-17(13,14)7-4-8-18(12,15)16/h2-6,8,12H,7,9H2,1H3. The molecular weight excluding hydrogens is 272 g/mol. The molecule has 1 heterocycles. The van der Waals surface area contributed by atoms with Crippen LogP contribution >= 0.6 is 0 Å². The van der Waals surface area contributed by atoms with E-state index in [2.05, 4.69) is 0 Å². The normalized spacial score (nSPS) is 25.5. The van der Waals surface area contributed by atoms with Crippen molar-refractivity contribution >= 4 is 19.7 Å². The molecule has 1 aromatic carbocycles. The van der Waals surface area contributed by atoms with Crippen LogP contribution in [0.1, 0.15) is 16.4 Å². The van der Waals surface area contributed by atoms with E-state index in [1.807, 2.05) is 0 Å². The Bertz CT molecular complexity index is 685. The fourth-order valence-electron chi connectivity index (χ4n) is 2.02. The van der Waals surface area contributed by atoms with Crippen molar-refractivity contribution in [2.75, 3.05) is 11.5 Å². The molecule has 6 heteroatoms. The maximum atomic E-state index is 12.1. The maximum absolute atomic E-state index is 12.1. The predicted octanol–water partition coefficient (Wildman–Crippen LogP) is 1.39. The van der Waals surface area contributed by atoms with Crippen molar-refractivity contribution in [3.8, 4) is 0 Å². The van der Waals surface area contributed by atoms with Gasteiger partial charge in [0.1, 0.15) is 5.25 Å². The number of hydrogen-bond donors (Lipinski definition) is 0. The molecule has 98 valence electrons. The highest BCUT2D eigenvalue weighted by Crippen LogP contribution is 2.30. The average Bonchev–Trinajstić information content (AvgIpc) is 2.36. The van der Waals surface area contributed by atoms with Crippen LogP contribution < -0.4 is 0 Å². The minimum atomic E-state index is -3.57. The van der Waals surface area contributed by atoms with Crippen LogP contribution in [0.3, 0.4) is 0 Å². The number of rotatable bonds is 1. The Kier molecular flexibility index (Phi) is 3.33. The molecule has 0 fully saturated rings. The van der Waals surface area contributed by atoms with Gasteiger partial charge in [0.25, 0.3) is 0 Å². The van der Waals surface area contributed by atoms with Crippen molar-refractivity contribution in [1.29, 1.82) is 0 Å². The molecule has 0 saturated heterocycles. The van der Waals surface area contributed by atoms with Crippen LogP contribution in [-0.4, -0.2) is 28.3 Å². The van der Waals surface area contributed by atoms with Gasteiger partial charge in [0, 0.05) is 5.41 Å². The second kappa shape index (κ2) is 4.51. The second-order valence-corrected chi connectivity index (χ2v) is 8.56. The van der Waals surface area contributed by atoms with Crippen molar-refractivity contribution in [3.63, 3.8) is 0 Å². The van der Waals surface area contributed by atoms with Crippen LogP contribution in [0.15, 0.2) is 35.7 Å². The summed E-state index contributed by atoms with van der Waals surface area (Å²) in [5, 5.41) is 0.0247. The quantitative estimate of drug-likeness (QED) is 0.782. The van der Waals surface area contributed by atoms with Crippen LogP contribution in [0.4, 0.5) is 0 Å². The van der Waals surface area contributed by atoms with E-state index in [0.717, 1.165) is 11.0 Å². The smallest absolute Gasteiger partial charge is 0.179 e. The first-order chi connectivity index (χ1) is 8.32. The minimum Gasteiger partial charge on any atom is -0.228 e. The lowest BCUT2D eigenvalue weighted by molar-refractivity contribution is 0.584. The van der Waals surface area contributed by atoms with Gasteiger partial charge >= 0.3 is 0 Å². The lowest BCUT2D eigenvalue weighted by Gasteiger charge is -2.16. The summed E-state index contributed by atoms with van der Waals surface area (Å²) >= 11 is 0. The molecule has 1 atom stereocenters. The zero-order chi connectivity index (χ0) is 13.4. The Morgan fingerprint density at radius 3 is 2.44 bits per heavy atom. The SMILES string of the molecule is Cc1ccccc1C1CS(=O)(=O)CC=CS1(=O)=O. The molecule has 0 aromatic heterocycles. The lowest BCUT2D eigenvalue weighted by Crippen LogP contribution is -2.20. The van der Waals surface area contributed by atoms with Gasteiger partial charge in [-0.25, -0.2) is 16.8 Å². The summed E-state index contributed by atoms with van der Waals surface area (Å²) in [5.41, 5.74) is 1.35. The van der Waals surface area contributed by atoms with Crippen LogP contribution in [0.2, 0.25) is 0 Å². The van der Waals surface area contributed by atoms with Crippen molar-refractivity contribution in [1.82, 2.24) is 0 Å². The van der Waals surface area contributed by atoms with E-state index in [1.54, 1.807) is 31.2 Å². The highest BCUT2D eigenvalue weighted by atomic mass is 32.2. The van der Waals surface area contributed by atoms with Crippen molar-refractivity contribution in [3.05, 3.63) is 46.9 Å². The fourth-order valence-corrected chi connectivity index (χ4v) is 5.86. The highest BCUT2D eigenvalue weighted by Gasteiger charge is 2.33. The van der Waals surface area contributed by atoms with Gasteiger partial charge in [-0.15, -0.1) is 0 Å². The molecule has 1 aromatic rings. The number of aryl methyl sites for hydroxylation is 1. The molecule has 0 amide bonds. The van der Waals surface area contributed by atoms with Gasteiger partial charge in [-0.1, -0.05) is 30.3 Å². The summed E-state index contributed by atoms with van der Waals surface area (Å²) in [4.78, 5) is 0. The Hall–Kier alpha value is -1.14. The van der Waals surface area contributed by atoms with Crippen molar-refractivity contribution < 1.29 is 16.8 Å². The van der Waals surface area contributed by atoms with Gasteiger partial charge < -0.3 is 0 Å². The second-order valence-electron chi connectivity index (χ2n) is 4.38. The van der Waals surface area contributed by atoms with Gasteiger partial charge in [0.05, 0.1) is 11.5 Å². The van der Waals surface area contributed by atoms with Crippen LogP contribution in [0.5, 0.6) is 0 Å². The molecule has 2 rings (SSSR count). The Labute approximate surface area is 107 Å². The third kappa shape index (κ3) is 2.64. The summed E-state index contributed by atoms with van der Waals surface area (Å²) in [5.74, 6) is -0.568. The molecule has 0 N–H and O–H groups in total. The maximum Gasteiger partial charge on any atom is 0.179 e. The number of hydrogen-bond acceptors (Lipinski definition) is 4. The highest BCUT2D eigenvalue weighted by molar-refractivity contribution is 7.97. The topological polar surface area (TPSA) is 68.3 Å². The van der Waals surface area contributed by atoms with Crippen LogP contribution in [0, 0.1) is 6.92 Å². The molecule has 0 saturated carbocycles. The Morgan fingerprint density at radius 2 is 1.78 bits per heavy atom. The molecular formula is C12H14O4S2. The molecule has 0 spiro atoms. The fraction of sp³-hybridized carbons (Fsp3) is 0.333. The van der Waals surface area contributed by atoms with Crippen LogP contribution in [0.25, 0.3) is 0 Å².